The summed E-state index contributed by atoms with van der Waals surface area (Å²) in [5.74, 6) is -0.335. The molecule has 2 saturated heterocycles. The third kappa shape index (κ3) is 3.77. The summed E-state index contributed by atoms with van der Waals surface area (Å²) in [5, 5.41) is 0. The maximum Gasteiger partial charge on any atom is 0.282 e. The molecular formula is C13H27N5O3S. The van der Waals surface area contributed by atoms with Crippen molar-refractivity contribution >= 4 is 16.1 Å². The molecule has 0 saturated carbocycles. The predicted molar refractivity (Wildman–Crippen MR) is 84.4 cm³/mol. The molecule has 1 atom stereocenters. The summed E-state index contributed by atoms with van der Waals surface area (Å²) in [4.78, 5) is 15.5. The average molecular weight is 333 g/mol. The molecule has 0 aromatic rings. The van der Waals surface area contributed by atoms with Gasteiger partial charge in [-0.05, 0) is 13.5 Å². The number of nitrogens with two attached hydrogens (primary N) is 1. The second kappa shape index (κ2) is 7.22. The van der Waals surface area contributed by atoms with Gasteiger partial charge < -0.3 is 10.6 Å². The number of hydrogen-bond acceptors (Lipinski definition) is 5. The minimum Gasteiger partial charge on any atom is -0.368 e. The molecule has 0 radical (unpaired) electrons. The van der Waals surface area contributed by atoms with E-state index in [4.69, 9.17) is 5.73 Å². The van der Waals surface area contributed by atoms with E-state index >= 15 is 0 Å². The molecule has 128 valence electrons. The molecule has 2 fully saturated rings. The zero-order valence-corrected chi connectivity index (χ0v) is 14.3. The van der Waals surface area contributed by atoms with Gasteiger partial charge in [0.2, 0.25) is 5.91 Å². The summed E-state index contributed by atoms with van der Waals surface area (Å²) in [6.45, 7) is 6.45. The minimum absolute atomic E-state index is 0.298. The molecule has 2 aliphatic heterocycles. The summed E-state index contributed by atoms with van der Waals surface area (Å²) < 4.78 is 28.4. The van der Waals surface area contributed by atoms with Crippen LogP contribution in [0.2, 0.25) is 0 Å². The van der Waals surface area contributed by atoms with Gasteiger partial charge in [0.05, 0.1) is 6.04 Å². The number of likely N-dealkylation sites (N-methyl/N-ethyl adjacent to an activating group) is 1. The Kier molecular flexibility index (Phi) is 5.78. The van der Waals surface area contributed by atoms with E-state index in [1.54, 1.807) is 4.31 Å². The highest BCUT2D eigenvalue weighted by Gasteiger charge is 2.35. The van der Waals surface area contributed by atoms with Crippen molar-refractivity contribution < 1.29 is 13.2 Å². The summed E-state index contributed by atoms with van der Waals surface area (Å²) in [7, 11) is -1.39. The third-order valence-corrected chi connectivity index (χ3v) is 6.58. The van der Waals surface area contributed by atoms with Crippen molar-refractivity contribution in [2.75, 3.05) is 59.4 Å². The first-order valence-corrected chi connectivity index (χ1v) is 9.23. The van der Waals surface area contributed by atoms with Crippen LogP contribution in [0.15, 0.2) is 0 Å². The Morgan fingerprint density at radius 2 is 1.45 bits per heavy atom. The van der Waals surface area contributed by atoms with Crippen molar-refractivity contribution in [2.45, 2.75) is 19.4 Å². The molecule has 0 aliphatic carbocycles. The summed E-state index contributed by atoms with van der Waals surface area (Å²) in [6, 6.07) is -0.298. The zero-order valence-electron chi connectivity index (χ0n) is 13.4. The topological polar surface area (TPSA) is 90.2 Å². The van der Waals surface area contributed by atoms with Gasteiger partial charge in [-0.1, -0.05) is 6.92 Å². The van der Waals surface area contributed by atoms with E-state index in [2.05, 4.69) is 4.90 Å². The van der Waals surface area contributed by atoms with E-state index in [1.807, 2.05) is 18.9 Å². The van der Waals surface area contributed by atoms with E-state index in [0.717, 1.165) is 13.1 Å². The fraction of sp³-hybridized carbons (Fsp3) is 0.923. The van der Waals surface area contributed by atoms with Crippen LogP contribution in [-0.2, 0) is 15.0 Å². The number of hydrogen-bond donors (Lipinski definition) is 1. The summed E-state index contributed by atoms with van der Waals surface area (Å²) in [6.07, 6.45) is 0.653. The van der Waals surface area contributed by atoms with Gasteiger partial charge in [0.1, 0.15) is 0 Å². The van der Waals surface area contributed by atoms with Crippen LogP contribution < -0.4 is 5.73 Å². The highest BCUT2D eigenvalue weighted by molar-refractivity contribution is 7.86. The lowest BCUT2D eigenvalue weighted by Crippen LogP contribution is -2.59. The number of nitrogens with zero attached hydrogens (tertiary/aromatic N) is 4. The molecule has 0 spiro atoms. The Balaban J connectivity index is 1.94. The van der Waals surface area contributed by atoms with E-state index in [0.29, 0.717) is 45.7 Å². The van der Waals surface area contributed by atoms with Gasteiger partial charge in [0.15, 0.2) is 0 Å². The second-order valence-corrected chi connectivity index (χ2v) is 7.90. The normalized spacial score (nSPS) is 25.2. The predicted octanol–water partition coefficient (Wildman–Crippen LogP) is -1.64. The van der Waals surface area contributed by atoms with Gasteiger partial charge in [-0.2, -0.15) is 17.0 Å². The van der Waals surface area contributed by atoms with Gasteiger partial charge in [0, 0.05) is 52.4 Å². The van der Waals surface area contributed by atoms with Crippen molar-refractivity contribution in [3.63, 3.8) is 0 Å². The van der Waals surface area contributed by atoms with Crippen LogP contribution in [0, 0.1) is 0 Å². The molecule has 0 bridgehead atoms. The molecule has 0 aromatic heterocycles. The van der Waals surface area contributed by atoms with Crippen LogP contribution in [0.25, 0.3) is 0 Å². The van der Waals surface area contributed by atoms with E-state index in [1.165, 1.54) is 4.31 Å². The molecule has 2 N–H and O–H groups in total. The van der Waals surface area contributed by atoms with Crippen LogP contribution in [0.3, 0.4) is 0 Å². The quantitative estimate of drug-likeness (QED) is 0.652. The summed E-state index contributed by atoms with van der Waals surface area (Å²) >= 11 is 0. The molecule has 0 aromatic carbocycles. The van der Waals surface area contributed by atoms with E-state index in [9.17, 15) is 13.2 Å². The van der Waals surface area contributed by atoms with Gasteiger partial charge in [0.25, 0.3) is 10.2 Å². The fourth-order valence-electron chi connectivity index (χ4n) is 3.07. The molecular weight excluding hydrogens is 306 g/mol. The molecule has 2 heterocycles. The molecule has 22 heavy (non-hydrogen) atoms. The van der Waals surface area contributed by atoms with Crippen molar-refractivity contribution in [2.24, 2.45) is 5.73 Å². The smallest absolute Gasteiger partial charge is 0.282 e. The number of carbonyl (C=O) groups excluding carboxylic acids is 1. The number of rotatable bonds is 5. The molecule has 8 nitrogen and oxygen atoms in total. The highest BCUT2D eigenvalue weighted by Crippen LogP contribution is 2.16. The van der Waals surface area contributed by atoms with E-state index < -0.39 is 10.2 Å². The number of piperazine rings is 2. The summed E-state index contributed by atoms with van der Waals surface area (Å²) in [5.41, 5.74) is 5.40. The molecule has 1 amide bonds. The zero-order chi connectivity index (χ0) is 16.3. The lowest BCUT2D eigenvalue weighted by molar-refractivity contribution is -0.123. The minimum atomic E-state index is -3.39. The molecule has 1 unspecified atom stereocenters. The SMILES string of the molecule is CCC(C(N)=O)N1CCN(S(=O)(=O)N2CCN(C)CC2)CC1. The Morgan fingerprint density at radius 1 is 1.00 bits per heavy atom. The van der Waals surface area contributed by atoms with Gasteiger partial charge >= 0.3 is 0 Å². The standard InChI is InChI=1S/C13H27N5O3S/c1-3-12(13(14)19)16-6-10-18(11-7-16)22(20,21)17-8-4-15(2)5-9-17/h12H,3-11H2,1-2H3,(H2,14,19). The fourth-order valence-corrected chi connectivity index (χ4v) is 4.64. The molecule has 2 rings (SSSR count). The van der Waals surface area contributed by atoms with E-state index in [-0.39, 0.29) is 11.9 Å². The third-order valence-electron chi connectivity index (χ3n) is 4.54. The first-order chi connectivity index (χ1) is 10.4. The van der Waals surface area contributed by atoms with Crippen LogP contribution in [-0.4, -0.2) is 98.2 Å². The number of carbonyl (C=O) groups is 1. The first kappa shape index (κ1) is 17.6. The number of amides is 1. The maximum absolute atomic E-state index is 12.7. The van der Waals surface area contributed by atoms with Crippen molar-refractivity contribution in [3.8, 4) is 0 Å². The Bertz CT molecular complexity index is 482. The lowest BCUT2D eigenvalue weighted by Gasteiger charge is -2.40. The Morgan fingerprint density at radius 3 is 1.86 bits per heavy atom. The lowest BCUT2D eigenvalue weighted by atomic mass is 10.1. The largest absolute Gasteiger partial charge is 0.368 e. The van der Waals surface area contributed by atoms with Crippen molar-refractivity contribution in [1.82, 2.24) is 18.4 Å². The van der Waals surface area contributed by atoms with Gasteiger partial charge in [-0.3, -0.25) is 9.69 Å². The average Bonchev–Trinajstić information content (AvgIpc) is 2.48. The first-order valence-electron chi connectivity index (χ1n) is 7.83. The Labute approximate surface area is 133 Å². The maximum atomic E-state index is 12.7. The number of primary amides is 1. The second-order valence-electron chi connectivity index (χ2n) is 5.97. The van der Waals surface area contributed by atoms with Crippen LogP contribution >= 0.6 is 0 Å². The van der Waals surface area contributed by atoms with Gasteiger partial charge in [-0.25, -0.2) is 0 Å². The van der Waals surface area contributed by atoms with Crippen LogP contribution in [0.4, 0.5) is 0 Å². The Hall–Kier alpha value is -0.740. The van der Waals surface area contributed by atoms with Crippen LogP contribution in [0.5, 0.6) is 0 Å². The van der Waals surface area contributed by atoms with Crippen molar-refractivity contribution in [1.29, 1.82) is 0 Å². The molecule has 9 heteroatoms. The highest BCUT2D eigenvalue weighted by atomic mass is 32.2. The van der Waals surface area contributed by atoms with Gasteiger partial charge in [-0.15, -0.1) is 0 Å². The monoisotopic (exact) mass is 333 g/mol. The molecule has 2 aliphatic rings. The van der Waals surface area contributed by atoms with Crippen LogP contribution in [0.1, 0.15) is 13.3 Å². The van der Waals surface area contributed by atoms with Crippen molar-refractivity contribution in [3.05, 3.63) is 0 Å².